The summed E-state index contributed by atoms with van der Waals surface area (Å²) >= 11 is 0. The van der Waals surface area contributed by atoms with Crippen LogP contribution in [0.1, 0.15) is 0 Å². The molecular formula is C48H33AlN12O27S6. The van der Waals surface area contributed by atoms with Gasteiger partial charge in [0.2, 0.25) is 0 Å². The molecule has 6 aromatic rings. The summed E-state index contributed by atoms with van der Waals surface area (Å²) in [7, 11) is -26.7. The number of benzene rings is 6. The van der Waals surface area contributed by atoms with E-state index in [1.54, 1.807) is 0 Å². The molecule has 486 valence electrons. The zero-order valence-corrected chi connectivity index (χ0v) is 51.8. The average Bonchev–Trinajstić information content (AvgIpc) is 1.65. The molecule has 3 amide bonds. The Bertz CT molecular complexity index is 4450. The van der Waals surface area contributed by atoms with Crippen LogP contribution >= 0.6 is 0 Å². The van der Waals surface area contributed by atoms with Crippen molar-refractivity contribution < 1.29 is 122 Å². The molecule has 0 aliphatic carbocycles. The molecule has 0 spiro atoms. The molecule has 94 heavy (non-hydrogen) atoms. The molecule has 0 fully saturated rings. The number of carbonyl (C=O) groups is 6. The third-order valence-electron chi connectivity index (χ3n) is 11.8. The van der Waals surface area contributed by atoms with Gasteiger partial charge in [0.25, 0.3) is 78.4 Å². The van der Waals surface area contributed by atoms with Gasteiger partial charge in [-0.3, -0.25) is 41.7 Å². The maximum Gasteiger partial charge on any atom is 3.00 e. The van der Waals surface area contributed by atoms with E-state index < -0.39 is 161 Å². The fourth-order valence-corrected chi connectivity index (χ4v) is 10.2. The first-order valence-electron chi connectivity index (χ1n) is 24.2. The quantitative estimate of drug-likeness (QED) is 0.0340. The fourth-order valence-electron chi connectivity index (χ4n) is 7.36. The smallest absolute Gasteiger partial charge is 0.543 e. The number of hydrogen-bond acceptors (Lipinski definition) is 30. The van der Waals surface area contributed by atoms with Crippen molar-refractivity contribution >= 4 is 165 Å². The number of hydrogen-bond donors (Lipinski definition) is 6. The van der Waals surface area contributed by atoms with Gasteiger partial charge in [-0.05, 0) is 146 Å². The van der Waals surface area contributed by atoms with Crippen LogP contribution in [0.15, 0.2) is 221 Å². The zero-order chi connectivity index (χ0) is 68.9. The van der Waals surface area contributed by atoms with E-state index in [2.05, 4.69) is 46.0 Å². The summed E-state index contributed by atoms with van der Waals surface area (Å²) in [5, 5.41) is 68.9. The number of nitrogens with zero attached hydrogens (tertiary/aromatic N) is 12. The molecule has 0 saturated carbocycles. The van der Waals surface area contributed by atoms with Crippen LogP contribution in [-0.4, -0.2) is 166 Å². The topological polar surface area (TPSA) is 619 Å². The maximum atomic E-state index is 12.6. The van der Waals surface area contributed by atoms with E-state index in [1.807, 2.05) is 0 Å². The van der Waals surface area contributed by atoms with Gasteiger partial charge in [0.15, 0.2) is 18.1 Å². The number of amides is 3. The van der Waals surface area contributed by atoms with E-state index in [1.165, 1.54) is 0 Å². The Labute approximate surface area is 537 Å². The minimum Gasteiger partial charge on any atom is -0.543 e. The van der Waals surface area contributed by atoms with Crippen LogP contribution < -0.4 is 30.3 Å². The largest absolute Gasteiger partial charge is 3.00 e. The Morgan fingerprint density at radius 1 is 0.319 bits per heavy atom. The standard InChI is InChI=1S/3C16H12N4O9S2.Al/c3*21-15-13(18-17-9-1-5-11(6-2-9)30(24,25)26)14(16(22)23)19-20(15)10-3-7-12(8-4-10)31(27,28)29;/h3*1-8,13H,(H,22,23)(H,24,25,26)(H,27,28,29);/q;;;+3/p-3. The molecule has 6 N–H and O–H groups in total. The number of anilines is 3. The van der Waals surface area contributed by atoms with Gasteiger partial charge in [0, 0.05) is 0 Å². The van der Waals surface area contributed by atoms with Crippen LogP contribution in [-0.2, 0) is 89.5 Å². The summed E-state index contributed by atoms with van der Waals surface area (Å²) in [5.41, 5.74) is -2.16. The van der Waals surface area contributed by atoms with Gasteiger partial charge in [0.05, 0.1) is 81.4 Å². The van der Waals surface area contributed by atoms with E-state index in [0.29, 0.717) is 15.0 Å². The molecule has 3 heterocycles. The SMILES string of the molecule is O=C([O-])C1=NN(c2ccc(S(=O)(=O)O)cc2)C(=O)C1N=Nc1ccc(S(=O)(=O)O)cc1.O=C([O-])C1=NN(c2ccc(S(=O)(=O)O)cc2)C(=O)C1N=Nc1ccc(S(=O)(=O)O)cc1.O=C([O-])C1=NN(c2ccc(S(=O)(=O)O)cc2)C(=O)C1N=Nc1ccc(S(=O)(=O)O)cc1.[Al+3]. The van der Waals surface area contributed by atoms with Gasteiger partial charge in [-0.1, -0.05) is 0 Å². The minimum absolute atomic E-state index is 0. The fraction of sp³-hybridized carbons (Fsp3) is 0.0625. The van der Waals surface area contributed by atoms with Crippen molar-refractivity contribution in [1.82, 2.24) is 0 Å². The average molecular weight is 1430 g/mol. The van der Waals surface area contributed by atoms with Crippen LogP contribution in [0.4, 0.5) is 34.1 Å². The van der Waals surface area contributed by atoms with Crippen molar-refractivity contribution in [3.8, 4) is 0 Å². The van der Waals surface area contributed by atoms with E-state index in [4.69, 9.17) is 27.3 Å². The van der Waals surface area contributed by atoms with E-state index in [0.717, 1.165) is 146 Å². The van der Waals surface area contributed by atoms with Gasteiger partial charge in [0.1, 0.15) is 17.1 Å². The molecule has 3 unspecified atom stereocenters. The Hall–Kier alpha value is -10.1. The maximum absolute atomic E-state index is 12.6. The van der Waals surface area contributed by atoms with Crippen LogP contribution in [0, 0.1) is 0 Å². The summed E-state index contributed by atoms with van der Waals surface area (Å²) in [6, 6.07) is 20.6. The molecule has 3 atom stereocenters. The predicted octanol–water partition coefficient (Wildman–Crippen LogP) is -1.03. The first-order chi connectivity index (χ1) is 43.1. The third-order valence-corrected chi connectivity index (χ3v) is 17.0. The van der Waals surface area contributed by atoms with Crippen molar-refractivity contribution in [2.24, 2.45) is 46.0 Å². The van der Waals surface area contributed by atoms with Gasteiger partial charge < -0.3 is 29.7 Å². The Morgan fingerprint density at radius 2 is 0.479 bits per heavy atom. The van der Waals surface area contributed by atoms with E-state index in [-0.39, 0.29) is 51.5 Å². The Morgan fingerprint density at radius 3 is 0.628 bits per heavy atom. The van der Waals surface area contributed by atoms with Gasteiger partial charge in [-0.25, -0.2) is 0 Å². The van der Waals surface area contributed by atoms with Crippen LogP contribution in [0.3, 0.4) is 0 Å². The zero-order valence-electron chi connectivity index (χ0n) is 45.7. The monoisotopic (exact) mass is 1430 g/mol. The normalized spacial score (nSPS) is 17.0. The summed E-state index contributed by atoms with van der Waals surface area (Å²) < 4.78 is 187. The number of azo groups is 3. The van der Waals surface area contributed by atoms with Gasteiger partial charge >= 0.3 is 17.4 Å². The second-order valence-corrected chi connectivity index (χ2v) is 26.5. The van der Waals surface area contributed by atoms with Crippen LogP contribution in [0.5, 0.6) is 0 Å². The van der Waals surface area contributed by atoms with Crippen molar-refractivity contribution in [2.75, 3.05) is 15.0 Å². The molecule has 0 saturated heterocycles. The Balaban J connectivity index is 0.000000222. The first kappa shape index (κ1) is 73.0. The number of carboxylic acid groups (broad SMARTS) is 3. The molecule has 39 nitrogen and oxygen atoms in total. The van der Waals surface area contributed by atoms with Crippen molar-refractivity contribution in [3.63, 3.8) is 0 Å². The number of aliphatic carboxylic acids is 3. The number of carboxylic acids is 3. The number of rotatable bonds is 18. The van der Waals surface area contributed by atoms with E-state index >= 15 is 0 Å². The molecule has 9 rings (SSSR count). The minimum atomic E-state index is -4.47. The van der Waals surface area contributed by atoms with Crippen LogP contribution in [0.2, 0.25) is 0 Å². The summed E-state index contributed by atoms with van der Waals surface area (Å²) in [6.45, 7) is 0. The third kappa shape index (κ3) is 17.9. The van der Waals surface area contributed by atoms with E-state index in [9.17, 15) is 94.6 Å². The molecule has 0 bridgehead atoms. The number of carbonyl (C=O) groups excluding carboxylic acids is 6. The van der Waals surface area contributed by atoms with Gasteiger partial charge in [-0.2, -0.15) is 112 Å². The molecular weight excluding hydrogens is 1400 g/mol. The Kier molecular flexibility index (Phi) is 22.1. The predicted molar refractivity (Wildman–Crippen MR) is 308 cm³/mol. The summed E-state index contributed by atoms with van der Waals surface area (Å²) in [5.74, 6) is -8.19. The van der Waals surface area contributed by atoms with Crippen molar-refractivity contribution in [2.45, 2.75) is 47.5 Å². The molecule has 46 heteroatoms. The molecule has 3 aliphatic heterocycles. The molecule has 0 radical (unpaired) electrons. The number of hydrazone groups is 3. The second kappa shape index (κ2) is 28.4. The van der Waals surface area contributed by atoms with Crippen molar-refractivity contribution in [1.29, 1.82) is 0 Å². The van der Waals surface area contributed by atoms with Crippen molar-refractivity contribution in [3.05, 3.63) is 146 Å². The first-order valence-corrected chi connectivity index (χ1v) is 32.9. The molecule has 0 aromatic heterocycles. The summed E-state index contributed by atoms with van der Waals surface area (Å²) in [6.07, 6.45) is 0. The molecule has 6 aromatic carbocycles. The molecule has 3 aliphatic rings. The summed E-state index contributed by atoms with van der Waals surface area (Å²) in [4.78, 5) is 69.3. The van der Waals surface area contributed by atoms with Gasteiger partial charge in [-0.15, -0.1) is 0 Å². The van der Waals surface area contributed by atoms with Crippen LogP contribution in [0.25, 0.3) is 0 Å². The second-order valence-electron chi connectivity index (χ2n) is 17.9.